The van der Waals surface area contributed by atoms with Gasteiger partial charge in [0.2, 0.25) is 0 Å². The summed E-state index contributed by atoms with van der Waals surface area (Å²) in [7, 11) is 0. The van der Waals surface area contributed by atoms with Crippen LogP contribution in [0.4, 0.5) is 4.39 Å². The molecular weight excluding hydrogens is 471 g/mol. The molecule has 6 nitrogen and oxygen atoms in total. The fourth-order valence-electron chi connectivity index (χ4n) is 4.54. The lowest BCUT2D eigenvalue weighted by molar-refractivity contribution is -0.152. The van der Waals surface area contributed by atoms with E-state index in [1.54, 1.807) is 43.0 Å². The maximum absolute atomic E-state index is 13.6. The van der Waals surface area contributed by atoms with Crippen molar-refractivity contribution in [1.29, 1.82) is 0 Å². The van der Waals surface area contributed by atoms with Gasteiger partial charge in [-0.15, -0.1) is 0 Å². The number of aryl methyl sites for hydroxylation is 1. The second-order valence-corrected chi connectivity index (χ2v) is 9.15. The van der Waals surface area contributed by atoms with Gasteiger partial charge < -0.3 is 14.4 Å². The number of fused-ring (bicyclic) bond motifs is 1. The maximum atomic E-state index is 13.6. The van der Waals surface area contributed by atoms with Crippen molar-refractivity contribution in [3.8, 4) is 16.9 Å². The largest absolute Gasteiger partial charge is 0.481 e. The Labute approximate surface area is 209 Å². The number of pyridine rings is 1. The van der Waals surface area contributed by atoms with Crippen LogP contribution in [0.5, 0.6) is 5.75 Å². The van der Waals surface area contributed by atoms with Crippen molar-refractivity contribution in [2.45, 2.75) is 39.7 Å². The number of hydrogen-bond acceptors (Lipinski definition) is 5. The molecule has 35 heavy (non-hydrogen) atoms. The number of piperidine rings is 1. The van der Waals surface area contributed by atoms with Crippen LogP contribution in [0, 0.1) is 18.7 Å². The minimum atomic E-state index is -0.744. The first kappa shape index (κ1) is 24.9. The molecule has 0 aliphatic carbocycles. The van der Waals surface area contributed by atoms with E-state index < -0.39 is 6.10 Å². The summed E-state index contributed by atoms with van der Waals surface area (Å²) in [6.45, 7) is 6.55. The number of carbonyl (C=O) groups is 2. The molecule has 0 spiro atoms. The van der Waals surface area contributed by atoms with Gasteiger partial charge in [-0.3, -0.25) is 9.59 Å². The molecule has 1 saturated heterocycles. The summed E-state index contributed by atoms with van der Waals surface area (Å²) < 4.78 is 24.7. The van der Waals surface area contributed by atoms with Crippen LogP contribution in [0.2, 0.25) is 5.15 Å². The highest BCUT2D eigenvalue weighted by Crippen LogP contribution is 2.34. The SMILES string of the molecule is CCOC(=O)[C@H]1CCCN(C(=O)C(C)Oc2ccc3c(-c4ccc(F)cc4C)cc(Cl)nc3c2)C1. The maximum Gasteiger partial charge on any atom is 0.310 e. The molecule has 2 heterocycles. The summed E-state index contributed by atoms with van der Waals surface area (Å²) in [5, 5.41) is 1.14. The molecule has 0 saturated carbocycles. The van der Waals surface area contributed by atoms with Gasteiger partial charge in [-0.05, 0) is 80.6 Å². The van der Waals surface area contributed by atoms with Gasteiger partial charge in [-0.1, -0.05) is 17.7 Å². The molecule has 3 aromatic rings. The first-order chi connectivity index (χ1) is 16.8. The van der Waals surface area contributed by atoms with Crippen LogP contribution < -0.4 is 4.74 Å². The lowest BCUT2D eigenvalue weighted by atomic mass is 9.97. The molecule has 1 aromatic heterocycles. The number of esters is 1. The summed E-state index contributed by atoms with van der Waals surface area (Å²) in [6.07, 6.45) is 0.711. The van der Waals surface area contributed by atoms with Gasteiger partial charge in [0, 0.05) is 24.5 Å². The zero-order valence-corrected chi connectivity index (χ0v) is 20.8. The van der Waals surface area contributed by atoms with E-state index in [0.717, 1.165) is 28.5 Å². The lowest BCUT2D eigenvalue weighted by Gasteiger charge is -2.33. The van der Waals surface area contributed by atoms with Crippen molar-refractivity contribution in [1.82, 2.24) is 9.88 Å². The Morgan fingerprint density at radius 2 is 2.00 bits per heavy atom. The lowest BCUT2D eigenvalue weighted by Crippen LogP contribution is -2.47. The highest BCUT2D eigenvalue weighted by atomic mass is 35.5. The normalized spacial score (nSPS) is 16.7. The fourth-order valence-corrected chi connectivity index (χ4v) is 4.74. The molecule has 0 radical (unpaired) electrons. The zero-order valence-electron chi connectivity index (χ0n) is 20.0. The number of aromatic nitrogens is 1. The quantitative estimate of drug-likeness (QED) is 0.328. The minimum Gasteiger partial charge on any atom is -0.481 e. The molecular formula is C27H28ClFN2O4. The molecule has 184 valence electrons. The van der Waals surface area contributed by atoms with E-state index in [9.17, 15) is 14.0 Å². The standard InChI is InChI=1S/C27H28ClFN2O4/c1-4-34-27(33)18-6-5-11-31(15-18)26(32)17(3)35-20-8-10-22-23(14-25(28)30-24(22)13-20)21-9-7-19(29)12-16(21)2/h7-10,12-14,17-18H,4-6,11,15H2,1-3H3/t17?,18-/m0/s1. The van der Waals surface area contributed by atoms with Gasteiger partial charge in [-0.2, -0.15) is 0 Å². The third kappa shape index (κ3) is 5.56. The van der Waals surface area contributed by atoms with Crippen molar-refractivity contribution in [2.75, 3.05) is 19.7 Å². The molecule has 1 fully saturated rings. The zero-order chi connectivity index (χ0) is 25.1. The van der Waals surface area contributed by atoms with E-state index in [0.29, 0.717) is 42.5 Å². The smallest absolute Gasteiger partial charge is 0.310 e. The number of hydrogen-bond donors (Lipinski definition) is 0. The average Bonchev–Trinajstić information content (AvgIpc) is 2.83. The van der Waals surface area contributed by atoms with Crippen LogP contribution in [0.15, 0.2) is 42.5 Å². The summed E-state index contributed by atoms with van der Waals surface area (Å²) in [4.78, 5) is 31.2. The number of amides is 1. The van der Waals surface area contributed by atoms with Crippen molar-refractivity contribution in [3.63, 3.8) is 0 Å². The number of rotatable bonds is 6. The molecule has 0 N–H and O–H groups in total. The van der Waals surface area contributed by atoms with Crippen molar-refractivity contribution in [3.05, 3.63) is 59.0 Å². The number of nitrogens with zero attached hydrogens (tertiary/aromatic N) is 2. The Kier molecular flexibility index (Phi) is 7.55. The Morgan fingerprint density at radius 1 is 1.20 bits per heavy atom. The monoisotopic (exact) mass is 498 g/mol. The van der Waals surface area contributed by atoms with E-state index in [4.69, 9.17) is 21.1 Å². The highest BCUT2D eigenvalue weighted by molar-refractivity contribution is 6.30. The number of carbonyl (C=O) groups excluding carboxylic acids is 2. The number of benzene rings is 2. The van der Waals surface area contributed by atoms with Crippen LogP contribution >= 0.6 is 11.6 Å². The van der Waals surface area contributed by atoms with Crippen molar-refractivity contribution in [2.24, 2.45) is 5.92 Å². The molecule has 2 atom stereocenters. The Morgan fingerprint density at radius 3 is 2.74 bits per heavy atom. The fraction of sp³-hybridized carbons (Fsp3) is 0.370. The van der Waals surface area contributed by atoms with Crippen LogP contribution in [-0.2, 0) is 14.3 Å². The molecule has 1 aliphatic heterocycles. The van der Waals surface area contributed by atoms with E-state index in [1.165, 1.54) is 12.1 Å². The van der Waals surface area contributed by atoms with Gasteiger partial charge in [0.25, 0.3) is 5.91 Å². The van der Waals surface area contributed by atoms with E-state index in [1.807, 2.05) is 13.0 Å². The van der Waals surface area contributed by atoms with Gasteiger partial charge in [0.05, 0.1) is 18.0 Å². The molecule has 1 amide bonds. The highest BCUT2D eigenvalue weighted by Gasteiger charge is 2.32. The second kappa shape index (κ2) is 10.6. The van der Waals surface area contributed by atoms with Gasteiger partial charge in [-0.25, -0.2) is 9.37 Å². The van der Waals surface area contributed by atoms with Gasteiger partial charge in [0.1, 0.15) is 16.7 Å². The number of halogens is 2. The van der Waals surface area contributed by atoms with E-state index in [-0.39, 0.29) is 23.6 Å². The first-order valence-corrected chi connectivity index (χ1v) is 12.1. The Hall–Kier alpha value is -3.19. The molecule has 8 heteroatoms. The average molecular weight is 499 g/mol. The number of likely N-dealkylation sites (tertiary alicyclic amines) is 1. The third-order valence-corrected chi connectivity index (χ3v) is 6.44. The minimum absolute atomic E-state index is 0.180. The van der Waals surface area contributed by atoms with E-state index >= 15 is 0 Å². The topological polar surface area (TPSA) is 68.7 Å². The second-order valence-electron chi connectivity index (χ2n) is 8.77. The molecule has 1 aliphatic rings. The summed E-state index contributed by atoms with van der Waals surface area (Å²) in [6, 6.07) is 11.8. The predicted octanol–water partition coefficient (Wildman–Crippen LogP) is 5.57. The van der Waals surface area contributed by atoms with E-state index in [2.05, 4.69) is 4.98 Å². The van der Waals surface area contributed by atoms with Crippen LogP contribution in [0.25, 0.3) is 22.0 Å². The van der Waals surface area contributed by atoms with Crippen molar-refractivity contribution >= 4 is 34.4 Å². The van der Waals surface area contributed by atoms with Gasteiger partial charge in [0.15, 0.2) is 6.10 Å². The summed E-state index contributed by atoms with van der Waals surface area (Å²) >= 11 is 6.30. The predicted molar refractivity (Wildman–Crippen MR) is 133 cm³/mol. The summed E-state index contributed by atoms with van der Waals surface area (Å²) in [5.41, 5.74) is 3.09. The summed E-state index contributed by atoms with van der Waals surface area (Å²) in [5.74, 6) is -0.564. The number of ether oxygens (including phenoxy) is 2. The van der Waals surface area contributed by atoms with Crippen LogP contribution in [0.3, 0.4) is 0 Å². The molecule has 2 aromatic carbocycles. The first-order valence-electron chi connectivity index (χ1n) is 11.8. The molecule has 1 unspecified atom stereocenters. The van der Waals surface area contributed by atoms with Crippen LogP contribution in [-0.4, -0.2) is 47.6 Å². The third-order valence-electron chi connectivity index (χ3n) is 6.24. The van der Waals surface area contributed by atoms with Crippen molar-refractivity contribution < 1.29 is 23.5 Å². The Balaban J connectivity index is 1.54. The van der Waals surface area contributed by atoms with Crippen LogP contribution in [0.1, 0.15) is 32.3 Å². The Bertz CT molecular complexity index is 1270. The molecule has 0 bridgehead atoms. The molecule has 4 rings (SSSR count). The van der Waals surface area contributed by atoms with Gasteiger partial charge >= 0.3 is 5.97 Å².